The average molecular weight is 249 g/mol. The van der Waals surface area contributed by atoms with E-state index >= 15 is 0 Å². The SMILES string of the molecule is Cc1cc(F)c2nc(Cl)nc(Cl)c2c1F. The van der Waals surface area contributed by atoms with Crippen LogP contribution in [0.1, 0.15) is 5.56 Å². The average Bonchev–Trinajstić information content (AvgIpc) is 2.13. The summed E-state index contributed by atoms with van der Waals surface area (Å²) in [7, 11) is 0. The molecule has 0 spiro atoms. The Bertz CT molecular complexity index is 558. The number of aromatic nitrogens is 2. The van der Waals surface area contributed by atoms with Gasteiger partial charge in [-0.05, 0) is 30.2 Å². The van der Waals surface area contributed by atoms with E-state index in [1.54, 1.807) is 0 Å². The molecular formula is C9H4Cl2F2N2. The molecule has 15 heavy (non-hydrogen) atoms. The molecule has 2 nitrogen and oxygen atoms in total. The van der Waals surface area contributed by atoms with Crippen molar-refractivity contribution >= 4 is 34.1 Å². The van der Waals surface area contributed by atoms with Gasteiger partial charge in [0.2, 0.25) is 5.28 Å². The largest absolute Gasteiger partial charge is 0.224 e. The summed E-state index contributed by atoms with van der Waals surface area (Å²) in [4.78, 5) is 7.15. The van der Waals surface area contributed by atoms with E-state index in [-0.39, 0.29) is 26.9 Å². The van der Waals surface area contributed by atoms with Crippen molar-refractivity contribution in [3.05, 3.63) is 33.7 Å². The summed E-state index contributed by atoms with van der Waals surface area (Å²) in [5, 5.41) is -0.543. The van der Waals surface area contributed by atoms with Crippen LogP contribution < -0.4 is 0 Å². The van der Waals surface area contributed by atoms with E-state index in [0.717, 1.165) is 6.07 Å². The van der Waals surface area contributed by atoms with Crippen molar-refractivity contribution in [2.45, 2.75) is 6.92 Å². The van der Waals surface area contributed by atoms with E-state index in [1.165, 1.54) is 6.92 Å². The number of fused-ring (bicyclic) bond motifs is 1. The molecule has 0 saturated carbocycles. The van der Waals surface area contributed by atoms with Crippen LogP contribution >= 0.6 is 23.2 Å². The smallest absolute Gasteiger partial charge is 0.215 e. The normalized spacial score (nSPS) is 11.0. The zero-order chi connectivity index (χ0) is 11.2. The number of aryl methyl sites for hydroxylation is 1. The van der Waals surface area contributed by atoms with Crippen molar-refractivity contribution in [3.8, 4) is 0 Å². The maximum atomic E-state index is 13.6. The van der Waals surface area contributed by atoms with E-state index in [4.69, 9.17) is 23.2 Å². The van der Waals surface area contributed by atoms with Gasteiger partial charge in [-0.15, -0.1) is 0 Å². The van der Waals surface area contributed by atoms with Crippen LogP contribution in [0, 0.1) is 18.6 Å². The van der Waals surface area contributed by atoms with Crippen molar-refractivity contribution in [1.29, 1.82) is 0 Å². The fraction of sp³-hybridized carbons (Fsp3) is 0.111. The Morgan fingerprint density at radius 3 is 2.53 bits per heavy atom. The molecule has 0 amide bonds. The molecule has 2 rings (SSSR count). The maximum absolute atomic E-state index is 13.6. The van der Waals surface area contributed by atoms with Gasteiger partial charge in [-0.3, -0.25) is 0 Å². The molecule has 0 N–H and O–H groups in total. The molecule has 6 heteroatoms. The predicted molar refractivity (Wildman–Crippen MR) is 54.2 cm³/mol. The van der Waals surface area contributed by atoms with Crippen LogP contribution in [-0.2, 0) is 0 Å². The van der Waals surface area contributed by atoms with Gasteiger partial charge in [0.1, 0.15) is 22.3 Å². The molecule has 0 bridgehead atoms. The number of rotatable bonds is 0. The second kappa shape index (κ2) is 3.54. The molecule has 0 aliphatic carbocycles. The standard InChI is InChI=1S/C9H4Cl2F2N2/c1-3-2-4(12)7-5(6(3)13)8(10)15-9(11)14-7/h2H,1H3. The monoisotopic (exact) mass is 248 g/mol. The van der Waals surface area contributed by atoms with E-state index in [9.17, 15) is 8.78 Å². The second-order valence-electron chi connectivity index (χ2n) is 3.00. The minimum absolute atomic E-state index is 0.140. The molecule has 78 valence electrons. The number of halogens is 4. The van der Waals surface area contributed by atoms with Crippen molar-refractivity contribution in [2.75, 3.05) is 0 Å². The molecule has 1 heterocycles. The Kier molecular flexibility index (Phi) is 2.48. The lowest BCUT2D eigenvalue weighted by Gasteiger charge is -2.05. The van der Waals surface area contributed by atoms with Crippen LogP contribution in [0.5, 0.6) is 0 Å². The van der Waals surface area contributed by atoms with Crippen LogP contribution in [0.2, 0.25) is 10.4 Å². The predicted octanol–water partition coefficient (Wildman–Crippen LogP) is 3.52. The number of benzene rings is 1. The van der Waals surface area contributed by atoms with Crippen molar-refractivity contribution in [2.24, 2.45) is 0 Å². The topological polar surface area (TPSA) is 25.8 Å². The quantitative estimate of drug-likeness (QED) is 0.527. The summed E-state index contributed by atoms with van der Waals surface area (Å²) in [6, 6.07) is 1.04. The summed E-state index contributed by atoms with van der Waals surface area (Å²) in [6.45, 7) is 1.43. The van der Waals surface area contributed by atoms with Crippen LogP contribution in [0.15, 0.2) is 6.07 Å². The number of nitrogens with zero attached hydrogens (tertiary/aromatic N) is 2. The van der Waals surface area contributed by atoms with Crippen molar-refractivity contribution in [3.63, 3.8) is 0 Å². The molecule has 0 saturated heterocycles. The molecule has 0 aliphatic heterocycles. The Morgan fingerprint density at radius 2 is 1.87 bits per heavy atom. The maximum Gasteiger partial charge on any atom is 0.224 e. The lowest BCUT2D eigenvalue weighted by molar-refractivity contribution is 0.607. The summed E-state index contributed by atoms with van der Waals surface area (Å²) in [5.41, 5.74) is -0.0593. The number of hydrogen-bond acceptors (Lipinski definition) is 2. The Balaban J connectivity index is 3.03. The first-order valence-corrected chi connectivity index (χ1v) is 4.73. The van der Waals surface area contributed by atoms with Crippen LogP contribution in [0.25, 0.3) is 10.9 Å². The zero-order valence-electron chi connectivity index (χ0n) is 7.48. The van der Waals surface area contributed by atoms with Crippen LogP contribution in [0.4, 0.5) is 8.78 Å². The van der Waals surface area contributed by atoms with E-state index in [2.05, 4.69) is 9.97 Å². The van der Waals surface area contributed by atoms with Crippen LogP contribution in [-0.4, -0.2) is 9.97 Å². The molecule has 1 aromatic carbocycles. The van der Waals surface area contributed by atoms with Gasteiger partial charge in [-0.25, -0.2) is 18.7 Å². The molecule has 0 fully saturated rings. The highest BCUT2D eigenvalue weighted by Gasteiger charge is 2.15. The first-order chi connectivity index (χ1) is 7.00. The Hall–Kier alpha value is -1.00. The van der Waals surface area contributed by atoms with Gasteiger partial charge < -0.3 is 0 Å². The minimum Gasteiger partial charge on any atom is -0.215 e. The van der Waals surface area contributed by atoms with E-state index < -0.39 is 11.6 Å². The van der Waals surface area contributed by atoms with Crippen LogP contribution in [0.3, 0.4) is 0 Å². The van der Waals surface area contributed by atoms with E-state index in [1.807, 2.05) is 0 Å². The van der Waals surface area contributed by atoms with Gasteiger partial charge in [0.15, 0.2) is 0 Å². The zero-order valence-corrected chi connectivity index (χ0v) is 9.00. The highest BCUT2D eigenvalue weighted by molar-refractivity contribution is 6.35. The molecule has 0 radical (unpaired) electrons. The molecular weight excluding hydrogens is 245 g/mol. The van der Waals surface area contributed by atoms with Gasteiger partial charge in [0.05, 0.1) is 5.39 Å². The van der Waals surface area contributed by atoms with Crippen molar-refractivity contribution in [1.82, 2.24) is 9.97 Å². The summed E-state index contributed by atoms with van der Waals surface area (Å²) >= 11 is 11.2. The lowest BCUT2D eigenvalue weighted by Crippen LogP contribution is -1.95. The summed E-state index contributed by atoms with van der Waals surface area (Å²) in [5.74, 6) is -1.30. The summed E-state index contributed by atoms with van der Waals surface area (Å²) in [6.07, 6.45) is 0. The van der Waals surface area contributed by atoms with Crippen molar-refractivity contribution < 1.29 is 8.78 Å². The number of hydrogen-bond donors (Lipinski definition) is 0. The van der Waals surface area contributed by atoms with Gasteiger partial charge in [-0.1, -0.05) is 11.6 Å². The first kappa shape index (κ1) is 10.5. The fourth-order valence-corrected chi connectivity index (χ4v) is 1.76. The Morgan fingerprint density at radius 1 is 1.20 bits per heavy atom. The van der Waals surface area contributed by atoms with Gasteiger partial charge in [0.25, 0.3) is 0 Å². The fourth-order valence-electron chi connectivity index (χ4n) is 1.29. The Labute approximate surface area is 93.9 Å². The third-order valence-corrected chi connectivity index (χ3v) is 2.42. The third kappa shape index (κ3) is 1.64. The third-order valence-electron chi connectivity index (χ3n) is 1.97. The van der Waals surface area contributed by atoms with Gasteiger partial charge >= 0.3 is 0 Å². The molecule has 0 atom stereocenters. The molecule has 0 unspecified atom stereocenters. The summed E-state index contributed by atoms with van der Waals surface area (Å²) < 4.78 is 27.0. The van der Waals surface area contributed by atoms with E-state index in [0.29, 0.717) is 0 Å². The minimum atomic E-state index is -0.671. The van der Waals surface area contributed by atoms with Gasteiger partial charge in [0, 0.05) is 0 Å². The molecule has 2 aromatic rings. The lowest BCUT2D eigenvalue weighted by atomic mass is 10.1. The first-order valence-electron chi connectivity index (χ1n) is 3.98. The highest BCUT2D eigenvalue weighted by Crippen LogP contribution is 2.28. The molecule has 1 aromatic heterocycles. The van der Waals surface area contributed by atoms with Gasteiger partial charge in [-0.2, -0.15) is 0 Å². The molecule has 0 aliphatic rings. The highest BCUT2D eigenvalue weighted by atomic mass is 35.5. The second-order valence-corrected chi connectivity index (χ2v) is 3.69.